The smallest absolute Gasteiger partial charge is 0.153 e. The Hall–Kier alpha value is -2.62. The van der Waals surface area contributed by atoms with Crippen LogP contribution in [-0.2, 0) is 12.8 Å². The second-order valence-corrected chi connectivity index (χ2v) is 8.78. The first-order chi connectivity index (χ1) is 16.2. The molecule has 180 valence electrons. The van der Waals surface area contributed by atoms with E-state index in [0.717, 1.165) is 25.4 Å². The zero-order valence-corrected chi connectivity index (χ0v) is 20.4. The van der Waals surface area contributed by atoms with Crippen LogP contribution in [-0.4, -0.2) is 26.8 Å². The van der Waals surface area contributed by atoms with Gasteiger partial charge in [0.1, 0.15) is 11.5 Å². The summed E-state index contributed by atoms with van der Waals surface area (Å²) in [6.07, 6.45) is 17.9. The third-order valence-corrected chi connectivity index (χ3v) is 6.27. The summed E-state index contributed by atoms with van der Waals surface area (Å²) in [7, 11) is 3.19. The Bertz CT molecular complexity index is 774. The summed E-state index contributed by atoms with van der Waals surface area (Å²) in [5.74, 6) is 1.30. The minimum atomic E-state index is 0.641. The molecule has 33 heavy (non-hydrogen) atoms. The summed E-state index contributed by atoms with van der Waals surface area (Å²) in [6, 6.07) is 11.8. The van der Waals surface area contributed by atoms with Crippen LogP contribution in [0.4, 0.5) is 0 Å². The molecule has 0 saturated carbocycles. The number of aldehydes is 2. The van der Waals surface area contributed by atoms with Crippen LogP contribution in [0.3, 0.4) is 0 Å². The largest absolute Gasteiger partial charge is 0.496 e. The fourth-order valence-corrected chi connectivity index (χ4v) is 4.31. The predicted octanol–water partition coefficient (Wildman–Crippen LogP) is 7.41. The van der Waals surface area contributed by atoms with Crippen molar-refractivity contribution in [2.45, 2.75) is 83.5 Å². The van der Waals surface area contributed by atoms with Gasteiger partial charge in [0, 0.05) is 0 Å². The quantitative estimate of drug-likeness (QED) is 0.175. The van der Waals surface area contributed by atoms with Crippen LogP contribution in [0.25, 0.3) is 0 Å². The molecular weight excluding hydrogens is 412 g/mol. The third kappa shape index (κ3) is 9.81. The number of hydrogen-bond donors (Lipinski definition) is 0. The van der Waals surface area contributed by atoms with Crippen molar-refractivity contribution in [2.24, 2.45) is 0 Å². The lowest BCUT2D eigenvalue weighted by Gasteiger charge is -2.07. The van der Waals surface area contributed by atoms with E-state index in [2.05, 4.69) is 12.1 Å². The summed E-state index contributed by atoms with van der Waals surface area (Å²) in [6.45, 7) is 0. The number of hydrogen-bond acceptors (Lipinski definition) is 4. The molecule has 0 spiro atoms. The van der Waals surface area contributed by atoms with Crippen molar-refractivity contribution in [2.75, 3.05) is 14.2 Å². The van der Waals surface area contributed by atoms with Gasteiger partial charge >= 0.3 is 0 Å². The normalized spacial score (nSPS) is 10.7. The summed E-state index contributed by atoms with van der Waals surface area (Å²) in [4.78, 5) is 22.2. The molecular formula is C29H40O4. The average Bonchev–Trinajstić information content (AvgIpc) is 2.86. The molecule has 0 saturated heterocycles. The SMILES string of the molecule is COc1ccc(CCCCCCCCCCCCCc2ccc(OC)c(C=O)c2)cc1C=O. The predicted molar refractivity (Wildman–Crippen MR) is 135 cm³/mol. The van der Waals surface area contributed by atoms with Crippen LogP contribution in [0.5, 0.6) is 11.5 Å². The Morgan fingerprint density at radius 2 is 0.879 bits per heavy atom. The van der Waals surface area contributed by atoms with Gasteiger partial charge in [0.2, 0.25) is 0 Å². The van der Waals surface area contributed by atoms with Crippen molar-refractivity contribution in [3.63, 3.8) is 0 Å². The van der Waals surface area contributed by atoms with Gasteiger partial charge in [0.15, 0.2) is 12.6 Å². The number of carbonyl (C=O) groups excluding carboxylic acids is 2. The lowest BCUT2D eigenvalue weighted by molar-refractivity contribution is 0.111. The van der Waals surface area contributed by atoms with E-state index < -0.39 is 0 Å². The maximum absolute atomic E-state index is 11.1. The van der Waals surface area contributed by atoms with Gasteiger partial charge < -0.3 is 9.47 Å². The number of rotatable bonds is 18. The standard InChI is InChI=1S/C29H40O4/c1-32-28-18-16-24(20-26(28)22-30)14-12-10-8-6-4-3-5-7-9-11-13-15-25-17-19-29(33-2)27(21-25)23-31/h16-23H,3-15H2,1-2H3. The van der Waals surface area contributed by atoms with E-state index in [1.165, 1.54) is 81.8 Å². The summed E-state index contributed by atoms with van der Waals surface area (Å²) >= 11 is 0. The summed E-state index contributed by atoms with van der Waals surface area (Å²) in [5.41, 5.74) is 3.72. The molecule has 0 N–H and O–H groups in total. The summed E-state index contributed by atoms with van der Waals surface area (Å²) in [5, 5.41) is 0. The van der Waals surface area contributed by atoms with Crippen LogP contribution in [0.15, 0.2) is 36.4 Å². The Morgan fingerprint density at radius 3 is 1.18 bits per heavy atom. The zero-order chi connectivity index (χ0) is 23.7. The first-order valence-corrected chi connectivity index (χ1v) is 12.5. The fourth-order valence-electron chi connectivity index (χ4n) is 4.31. The van der Waals surface area contributed by atoms with Crippen LogP contribution < -0.4 is 9.47 Å². The van der Waals surface area contributed by atoms with Gasteiger partial charge in [0.05, 0.1) is 25.3 Å². The van der Waals surface area contributed by atoms with E-state index in [-0.39, 0.29) is 0 Å². The fraction of sp³-hybridized carbons (Fsp3) is 0.517. The minimum absolute atomic E-state index is 0.641. The van der Waals surface area contributed by atoms with Crippen molar-refractivity contribution in [1.82, 2.24) is 0 Å². The number of benzene rings is 2. The van der Waals surface area contributed by atoms with Gasteiger partial charge in [0.25, 0.3) is 0 Å². The molecule has 0 aliphatic carbocycles. The Kier molecular flexibility index (Phi) is 13.0. The molecule has 0 aliphatic heterocycles. The monoisotopic (exact) mass is 452 g/mol. The maximum Gasteiger partial charge on any atom is 0.153 e. The van der Waals surface area contributed by atoms with Gasteiger partial charge in [-0.2, -0.15) is 0 Å². The first-order valence-electron chi connectivity index (χ1n) is 12.5. The summed E-state index contributed by atoms with van der Waals surface area (Å²) < 4.78 is 10.4. The second-order valence-electron chi connectivity index (χ2n) is 8.78. The van der Waals surface area contributed by atoms with Gasteiger partial charge in [-0.15, -0.1) is 0 Å². The van der Waals surface area contributed by atoms with Crippen molar-refractivity contribution in [3.05, 3.63) is 58.7 Å². The number of carbonyl (C=O) groups is 2. The maximum atomic E-state index is 11.1. The molecule has 2 aromatic carbocycles. The molecule has 0 bridgehead atoms. The highest BCUT2D eigenvalue weighted by molar-refractivity contribution is 5.80. The molecule has 0 unspecified atom stereocenters. The van der Waals surface area contributed by atoms with Crippen LogP contribution >= 0.6 is 0 Å². The third-order valence-electron chi connectivity index (χ3n) is 6.27. The first kappa shape index (κ1) is 26.6. The Morgan fingerprint density at radius 1 is 0.545 bits per heavy atom. The second kappa shape index (κ2) is 16.1. The van der Waals surface area contributed by atoms with Crippen molar-refractivity contribution < 1.29 is 19.1 Å². The van der Waals surface area contributed by atoms with Crippen molar-refractivity contribution in [3.8, 4) is 11.5 Å². The molecule has 0 aromatic heterocycles. The lowest BCUT2D eigenvalue weighted by Crippen LogP contribution is -1.94. The molecule has 2 rings (SSSR count). The molecule has 0 fully saturated rings. The molecule has 0 amide bonds. The van der Waals surface area contributed by atoms with Crippen molar-refractivity contribution >= 4 is 12.6 Å². The van der Waals surface area contributed by atoms with Gasteiger partial charge in [-0.1, -0.05) is 69.9 Å². The van der Waals surface area contributed by atoms with Crippen LogP contribution in [0, 0.1) is 0 Å². The zero-order valence-electron chi connectivity index (χ0n) is 20.4. The van der Waals surface area contributed by atoms with Gasteiger partial charge in [-0.05, 0) is 61.1 Å². The van der Waals surface area contributed by atoms with E-state index in [4.69, 9.17) is 9.47 Å². The van der Waals surface area contributed by atoms with Crippen LogP contribution in [0.1, 0.15) is 102 Å². The molecule has 4 heteroatoms. The Labute approximate surface area is 199 Å². The highest BCUT2D eigenvalue weighted by Gasteiger charge is 2.04. The number of methoxy groups -OCH3 is 2. The highest BCUT2D eigenvalue weighted by Crippen LogP contribution is 2.21. The number of aryl methyl sites for hydroxylation is 2. The van der Waals surface area contributed by atoms with Crippen molar-refractivity contribution in [1.29, 1.82) is 0 Å². The lowest BCUT2D eigenvalue weighted by atomic mass is 10.0. The molecule has 2 aromatic rings. The number of ether oxygens (including phenoxy) is 2. The Balaban J connectivity index is 1.43. The minimum Gasteiger partial charge on any atom is -0.496 e. The van der Waals surface area contributed by atoms with E-state index in [1.54, 1.807) is 14.2 Å². The molecule has 0 radical (unpaired) electrons. The van der Waals surface area contributed by atoms with Gasteiger partial charge in [-0.25, -0.2) is 0 Å². The van der Waals surface area contributed by atoms with Crippen LogP contribution in [0.2, 0.25) is 0 Å². The van der Waals surface area contributed by atoms with E-state index in [9.17, 15) is 9.59 Å². The van der Waals surface area contributed by atoms with E-state index in [0.29, 0.717) is 22.6 Å². The molecule has 0 heterocycles. The van der Waals surface area contributed by atoms with E-state index in [1.807, 2.05) is 24.3 Å². The number of unbranched alkanes of at least 4 members (excludes halogenated alkanes) is 10. The molecule has 0 aliphatic rings. The molecule has 0 atom stereocenters. The molecule has 4 nitrogen and oxygen atoms in total. The van der Waals surface area contributed by atoms with E-state index >= 15 is 0 Å². The average molecular weight is 453 g/mol. The highest BCUT2D eigenvalue weighted by atomic mass is 16.5. The topological polar surface area (TPSA) is 52.6 Å². The van der Waals surface area contributed by atoms with Gasteiger partial charge in [-0.3, -0.25) is 9.59 Å².